The summed E-state index contributed by atoms with van der Waals surface area (Å²) >= 11 is 0. The van der Waals surface area contributed by atoms with Crippen LogP contribution in [0.15, 0.2) is 0 Å². The molecule has 10 nitrogen and oxygen atoms in total. The summed E-state index contributed by atoms with van der Waals surface area (Å²) in [5, 5.41) is 87.7. The Balaban J connectivity index is 0.000000195. The Hall–Kier alpha value is -0.677. The molecule has 22 atom stereocenters. The van der Waals surface area contributed by atoms with Crippen molar-refractivity contribution < 1.29 is 69.9 Å². The van der Waals surface area contributed by atoms with Gasteiger partial charge < -0.3 is 50.4 Å². The molecule has 332 valence electrons. The zero-order valence-electron chi connectivity index (χ0n) is 37.1. The molecule has 0 heterocycles. The van der Waals surface area contributed by atoms with E-state index < -0.39 is 24.1 Å². The Kier molecular flexibility index (Phi) is 14.3. The van der Waals surface area contributed by atoms with Crippen molar-refractivity contribution >= 4 is 11.9 Å². The number of rotatable bonds is 8. The van der Waals surface area contributed by atoms with Gasteiger partial charge in [-0.15, -0.1) is 0 Å². The Labute approximate surface area is 366 Å². The van der Waals surface area contributed by atoms with E-state index in [1.165, 1.54) is 0 Å². The molecule has 0 saturated heterocycles. The summed E-state index contributed by atoms with van der Waals surface area (Å²) in [5.74, 6) is 1.27. The Morgan fingerprint density at radius 2 is 0.898 bits per heavy atom. The van der Waals surface area contributed by atoms with Crippen LogP contribution in [-0.2, 0) is 29.1 Å². The average Bonchev–Trinajstić information content (AvgIpc) is 3.70. The van der Waals surface area contributed by atoms with E-state index in [1.54, 1.807) is 0 Å². The molecular formula is C48H78O10Zn. The van der Waals surface area contributed by atoms with Crippen LogP contribution in [0.4, 0.5) is 0 Å². The van der Waals surface area contributed by atoms with Crippen LogP contribution >= 0.6 is 0 Å². The minimum Gasteiger partial charge on any atom is -0.550 e. The summed E-state index contributed by atoms with van der Waals surface area (Å²) in [4.78, 5) is 21.9. The molecule has 0 bridgehead atoms. The molecule has 8 fully saturated rings. The first-order valence-electron chi connectivity index (χ1n) is 23.7. The molecule has 8 rings (SSSR count). The van der Waals surface area contributed by atoms with Gasteiger partial charge >= 0.3 is 19.5 Å². The quantitative estimate of drug-likeness (QED) is 0.192. The average molecular weight is 881 g/mol. The molecule has 11 heteroatoms. The first-order chi connectivity index (χ1) is 27.2. The van der Waals surface area contributed by atoms with Gasteiger partial charge in [0, 0.05) is 11.9 Å². The second kappa shape index (κ2) is 17.7. The van der Waals surface area contributed by atoms with Crippen LogP contribution in [0, 0.1) is 92.7 Å². The van der Waals surface area contributed by atoms with Gasteiger partial charge in [0.25, 0.3) is 0 Å². The third-order valence-corrected chi connectivity index (χ3v) is 20.6. The van der Waals surface area contributed by atoms with Gasteiger partial charge in [0.05, 0.1) is 36.6 Å². The van der Waals surface area contributed by atoms with Gasteiger partial charge in [-0.1, -0.05) is 41.5 Å². The SMILES string of the molecule is C[C@H](CCC(=O)[O-])[C@H]1CC[C@H]2[C@@H]3[C@H](O)C[C@@H]4C[C@H](O)CC[C@]4(C)[C@H]3C[C@H](O)[C@]12C.C[C@H](CCC(=O)[O-])[C@H]1CC[C@H]2[C@@H]3[C@H](O)C[C@@H]4C[C@H](O)CC[C@]4(C)[C@H]3C[C@H](O)[C@]12C.[Zn+2]. The molecule has 0 amide bonds. The van der Waals surface area contributed by atoms with Crippen LogP contribution in [0.3, 0.4) is 0 Å². The van der Waals surface area contributed by atoms with Gasteiger partial charge in [-0.3, -0.25) is 0 Å². The molecular weight excluding hydrogens is 802 g/mol. The van der Waals surface area contributed by atoms with Crippen molar-refractivity contribution in [1.82, 2.24) is 0 Å². The summed E-state index contributed by atoms with van der Waals surface area (Å²) in [6.45, 7) is 13.3. The van der Waals surface area contributed by atoms with Crippen molar-refractivity contribution in [2.75, 3.05) is 0 Å². The smallest absolute Gasteiger partial charge is 0.550 e. The van der Waals surface area contributed by atoms with Crippen LogP contribution in [0.25, 0.3) is 0 Å². The fourth-order valence-corrected chi connectivity index (χ4v) is 17.4. The molecule has 6 N–H and O–H groups in total. The van der Waals surface area contributed by atoms with Crippen LogP contribution in [0.1, 0.15) is 157 Å². The van der Waals surface area contributed by atoms with Gasteiger partial charge in [0.1, 0.15) is 0 Å². The van der Waals surface area contributed by atoms with Gasteiger partial charge in [0.15, 0.2) is 0 Å². The number of aliphatic hydroxyl groups is 6. The zero-order valence-corrected chi connectivity index (χ0v) is 40.1. The molecule has 59 heavy (non-hydrogen) atoms. The van der Waals surface area contributed by atoms with Crippen LogP contribution in [0.5, 0.6) is 0 Å². The van der Waals surface area contributed by atoms with E-state index in [0.29, 0.717) is 36.5 Å². The molecule has 0 aliphatic heterocycles. The number of fused-ring (bicyclic) bond motifs is 10. The van der Waals surface area contributed by atoms with Crippen molar-refractivity contribution in [2.45, 2.75) is 194 Å². The standard InChI is InChI=1S/2C24H40O5.Zn/c2*1-13(4-7-21(28)29)16-5-6-17-22-18(12-20(27)24(16,17)3)23(2)9-8-15(25)10-14(23)11-19(22)26;/h2*13-20,22,25-27H,4-12H2,1-3H3,(H,28,29);/q;;+2/p-2/t2*13-,14+,15-,16-,17+,18+,19-,20+,22+,23+,24-;/m11./s1. The Bertz CT molecular complexity index is 1390. The van der Waals surface area contributed by atoms with Gasteiger partial charge in [-0.2, -0.15) is 0 Å². The van der Waals surface area contributed by atoms with Gasteiger partial charge in [-0.25, -0.2) is 0 Å². The van der Waals surface area contributed by atoms with Crippen molar-refractivity contribution in [1.29, 1.82) is 0 Å². The number of carboxylic acids is 2. The van der Waals surface area contributed by atoms with Crippen LogP contribution < -0.4 is 10.2 Å². The summed E-state index contributed by atoms with van der Waals surface area (Å²) in [5.41, 5.74) is -0.343. The monoisotopic (exact) mass is 878 g/mol. The van der Waals surface area contributed by atoms with Crippen LogP contribution in [0.2, 0.25) is 0 Å². The van der Waals surface area contributed by atoms with E-state index in [2.05, 4.69) is 41.5 Å². The maximum atomic E-state index is 11.5. The van der Waals surface area contributed by atoms with E-state index in [0.717, 1.165) is 89.9 Å². The van der Waals surface area contributed by atoms with E-state index in [-0.39, 0.29) is 126 Å². The first kappa shape index (κ1) is 47.8. The van der Waals surface area contributed by atoms with Gasteiger partial charge in [-0.05, 0) is 208 Å². The second-order valence-electron chi connectivity index (χ2n) is 22.8. The topological polar surface area (TPSA) is 202 Å². The van der Waals surface area contributed by atoms with E-state index >= 15 is 0 Å². The number of carbonyl (C=O) groups is 2. The van der Waals surface area contributed by atoms with E-state index in [4.69, 9.17) is 0 Å². The Morgan fingerprint density at radius 3 is 1.24 bits per heavy atom. The molecule has 0 spiro atoms. The third-order valence-electron chi connectivity index (χ3n) is 20.6. The molecule has 8 aliphatic rings. The van der Waals surface area contributed by atoms with Crippen LogP contribution in [-0.4, -0.2) is 79.2 Å². The van der Waals surface area contributed by atoms with E-state index in [9.17, 15) is 50.4 Å². The summed E-state index contributed by atoms with van der Waals surface area (Å²) in [6, 6.07) is 0. The number of carboxylic acid groups (broad SMARTS) is 2. The fourth-order valence-electron chi connectivity index (χ4n) is 17.4. The molecule has 0 aromatic carbocycles. The molecule has 8 saturated carbocycles. The maximum Gasteiger partial charge on any atom is 2.00 e. The minimum absolute atomic E-state index is 0. The first-order valence-corrected chi connectivity index (χ1v) is 23.7. The number of hydrogen-bond acceptors (Lipinski definition) is 10. The van der Waals surface area contributed by atoms with Crippen molar-refractivity contribution in [3.8, 4) is 0 Å². The predicted octanol–water partition coefficient (Wildman–Crippen LogP) is 4.23. The normalized spacial score (nSPS) is 52.0. The molecule has 0 aromatic rings. The molecule has 0 aromatic heterocycles. The number of aliphatic carboxylic acids is 2. The van der Waals surface area contributed by atoms with E-state index in [1.807, 2.05) is 0 Å². The fraction of sp³-hybridized carbons (Fsp3) is 0.958. The maximum absolute atomic E-state index is 11.5. The summed E-state index contributed by atoms with van der Waals surface area (Å²) < 4.78 is 0. The molecule has 8 aliphatic carbocycles. The summed E-state index contributed by atoms with van der Waals surface area (Å²) in [6.07, 6.45) is 11.4. The summed E-state index contributed by atoms with van der Waals surface area (Å²) in [7, 11) is 0. The minimum atomic E-state index is -0.998. The predicted molar refractivity (Wildman–Crippen MR) is 215 cm³/mol. The van der Waals surface area contributed by atoms with Crippen molar-refractivity contribution in [3.05, 3.63) is 0 Å². The second-order valence-corrected chi connectivity index (χ2v) is 22.8. The Morgan fingerprint density at radius 1 is 0.542 bits per heavy atom. The van der Waals surface area contributed by atoms with Crippen molar-refractivity contribution in [3.63, 3.8) is 0 Å². The molecule has 0 unspecified atom stereocenters. The number of hydrogen-bond donors (Lipinski definition) is 6. The number of carbonyl (C=O) groups excluding carboxylic acids is 2. The van der Waals surface area contributed by atoms with Crippen molar-refractivity contribution in [2.24, 2.45) is 92.7 Å². The zero-order chi connectivity index (χ0) is 42.3. The third kappa shape index (κ3) is 8.08. The van der Waals surface area contributed by atoms with Gasteiger partial charge in [0.2, 0.25) is 0 Å². The number of aliphatic hydroxyl groups excluding tert-OH is 6. The largest absolute Gasteiger partial charge is 2.00 e. The molecule has 0 radical (unpaired) electrons.